The lowest BCUT2D eigenvalue weighted by molar-refractivity contribution is 0.102. The number of nitrogens with two attached hydrogens (primary N) is 1. The number of anilines is 2. The summed E-state index contributed by atoms with van der Waals surface area (Å²) in [7, 11) is 1.49. The number of nitrogen functional groups attached to an aromatic ring is 1. The van der Waals surface area contributed by atoms with E-state index in [1.54, 1.807) is 18.2 Å². The lowest BCUT2D eigenvalue weighted by Crippen LogP contribution is -2.15. The molecule has 0 aliphatic carbocycles. The highest BCUT2D eigenvalue weighted by Gasteiger charge is 2.13. The van der Waals surface area contributed by atoms with Crippen LogP contribution in [0.25, 0.3) is 0 Å². The molecule has 0 aliphatic heterocycles. The van der Waals surface area contributed by atoms with Crippen LogP contribution in [-0.2, 0) is 0 Å². The Bertz CT molecular complexity index is 662. The Kier molecular flexibility index (Phi) is 4.24. The first-order valence-electron chi connectivity index (χ1n) is 5.71. The van der Waals surface area contributed by atoms with Crippen LogP contribution in [0.3, 0.4) is 0 Å². The predicted octanol–water partition coefficient (Wildman–Crippen LogP) is 3.43. The van der Waals surface area contributed by atoms with Gasteiger partial charge in [0.1, 0.15) is 11.6 Å². The molecule has 4 nitrogen and oxygen atoms in total. The van der Waals surface area contributed by atoms with Crippen molar-refractivity contribution in [1.29, 1.82) is 0 Å². The maximum Gasteiger partial charge on any atom is 0.257 e. The van der Waals surface area contributed by atoms with E-state index in [1.165, 1.54) is 25.3 Å². The van der Waals surface area contributed by atoms with E-state index in [-0.39, 0.29) is 11.3 Å². The van der Waals surface area contributed by atoms with Crippen LogP contribution in [0.2, 0.25) is 0 Å². The molecule has 0 bridgehead atoms. The molecule has 0 atom stereocenters. The summed E-state index contributed by atoms with van der Waals surface area (Å²) in [6.45, 7) is 0. The van der Waals surface area contributed by atoms with Gasteiger partial charge in [0.15, 0.2) is 0 Å². The van der Waals surface area contributed by atoms with Crippen molar-refractivity contribution in [2.24, 2.45) is 0 Å². The lowest BCUT2D eigenvalue weighted by Gasteiger charge is -2.10. The fourth-order valence-electron chi connectivity index (χ4n) is 1.64. The third-order valence-corrected chi connectivity index (χ3v) is 3.18. The zero-order valence-corrected chi connectivity index (χ0v) is 12.2. The number of hydrogen-bond acceptors (Lipinski definition) is 3. The zero-order valence-electron chi connectivity index (χ0n) is 10.6. The Balaban J connectivity index is 2.28. The van der Waals surface area contributed by atoms with Gasteiger partial charge in [-0.1, -0.05) is 15.9 Å². The zero-order chi connectivity index (χ0) is 14.7. The van der Waals surface area contributed by atoms with Crippen LogP contribution in [-0.4, -0.2) is 13.0 Å². The summed E-state index contributed by atoms with van der Waals surface area (Å²) in [6.07, 6.45) is 0. The van der Waals surface area contributed by atoms with E-state index < -0.39 is 11.7 Å². The second-order valence-corrected chi connectivity index (χ2v) is 4.95. The van der Waals surface area contributed by atoms with Crippen LogP contribution in [0.4, 0.5) is 15.8 Å². The molecule has 20 heavy (non-hydrogen) atoms. The first-order valence-corrected chi connectivity index (χ1v) is 6.50. The quantitative estimate of drug-likeness (QED) is 0.842. The van der Waals surface area contributed by atoms with Gasteiger partial charge in [0.05, 0.1) is 18.4 Å². The Labute approximate surface area is 123 Å². The number of carbonyl (C=O) groups excluding carboxylic acids is 1. The summed E-state index contributed by atoms with van der Waals surface area (Å²) in [5.74, 6) is -0.530. The molecule has 0 unspecified atom stereocenters. The summed E-state index contributed by atoms with van der Waals surface area (Å²) in [5.41, 5.74) is 6.35. The highest BCUT2D eigenvalue weighted by Crippen LogP contribution is 2.23. The number of benzene rings is 2. The highest BCUT2D eigenvalue weighted by atomic mass is 79.9. The van der Waals surface area contributed by atoms with Gasteiger partial charge in [0, 0.05) is 10.2 Å². The second-order valence-electron chi connectivity index (χ2n) is 4.03. The van der Waals surface area contributed by atoms with Gasteiger partial charge in [-0.25, -0.2) is 4.39 Å². The average molecular weight is 339 g/mol. The van der Waals surface area contributed by atoms with E-state index in [9.17, 15) is 9.18 Å². The van der Waals surface area contributed by atoms with Crippen molar-refractivity contribution in [3.8, 4) is 5.75 Å². The summed E-state index contributed by atoms with van der Waals surface area (Å²) >= 11 is 3.15. The van der Waals surface area contributed by atoms with Crippen LogP contribution in [0.1, 0.15) is 10.4 Å². The molecule has 0 aromatic heterocycles. The van der Waals surface area contributed by atoms with E-state index in [0.717, 1.165) is 0 Å². The Morgan fingerprint density at radius 3 is 2.70 bits per heavy atom. The van der Waals surface area contributed by atoms with Gasteiger partial charge < -0.3 is 15.8 Å². The van der Waals surface area contributed by atoms with Gasteiger partial charge >= 0.3 is 0 Å². The molecule has 2 aromatic rings. The number of methoxy groups -OCH3 is 1. The van der Waals surface area contributed by atoms with Crippen LogP contribution in [0.5, 0.6) is 5.75 Å². The normalized spacial score (nSPS) is 10.2. The largest absolute Gasteiger partial charge is 0.497 e. The second kappa shape index (κ2) is 5.92. The molecule has 104 valence electrons. The van der Waals surface area contributed by atoms with E-state index in [0.29, 0.717) is 15.9 Å². The standard InChI is InChI=1S/C14H12BrFN2O2/c1-20-9-3-4-12(17)10(7-9)14(19)18-13-5-2-8(15)6-11(13)16/h2-7H,17H2,1H3,(H,18,19). The predicted molar refractivity (Wildman–Crippen MR) is 79.5 cm³/mol. The van der Waals surface area contributed by atoms with E-state index >= 15 is 0 Å². The first-order chi connectivity index (χ1) is 9.51. The van der Waals surface area contributed by atoms with E-state index in [2.05, 4.69) is 21.2 Å². The van der Waals surface area contributed by atoms with Crippen molar-refractivity contribution in [3.05, 3.63) is 52.3 Å². The minimum atomic E-state index is -0.533. The molecule has 0 saturated heterocycles. The number of amides is 1. The van der Waals surface area contributed by atoms with Crippen molar-refractivity contribution in [1.82, 2.24) is 0 Å². The molecule has 0 spiro atoms. The van der Waals surface area contributed by atoms with Crippen molar-refractivity contribution in [2.75, 3.05) is 18.2 Å². The van der Waals surface area contributed by atoms with Crippen molar-refractivity contribution < 1.29 is 13.9 Å². The molecule has 0 heterocycles. The third kappa shape index (κ3) is 3.08. The Morgan fingerprint density at radius 2 is 2.05 bits per heavy atom. The van der Waals surface area contributed by atoms with Crippen LogP contribution < -0.4 is 15.8 Å². The van der Waals surface area contributed by atoms with Gasteiger partial charge in [-0.05, 0) is 36.4 Å². The molecule has 1 amide bonds. The van der Waals surface area contributed by atoms with Gasteiger partial charge in [-0.2, -0.15) is 0 Å². The molecule has 0 radical (unpaired) electrons. The molecule has 0 aliphatic rings. The number of nitrogens with one attached hydrogen (secondary N) is 1. The number of rotatable bonds is 3. The maximum absolute atomic E-state index is 13.7. The lowest BCUT2D eigenvalue weighted by atomic mass is 10.1. The van der Waals surface area contributed by atoms with Gasteiger partial charge in [0.25, 0.3) is 5.91 Å². The minimum Gasteiger partial charge on any atom is -0.497 e. The monoisotopic (exact) mass is 338 g/mol. The van der Waals surface area contributed by atoms with Gasteiger partial charge in [-0.15, -0.1) is 0 Å². The SMILES string of the molecule is COc1ccc(N)c(C(=O)Nc2ccc(Br)cc2F)c1. The summed E-state index contributed by atoms with van der Waals surface area (Å²) in [6, 6.07) is 9.07. The maximum atomic E-state index is 13.7. The molecule has 0 saturated carbocycles. The van der Waals surface area contributed by atoms with E-state index in [1.807, 2.05) is 0 Å². The van der Waals surface area contributed by atoms with Crippen LogP contribution in [0, 0.1) is 5.82 Å². The summed E-state index contributed by atoms with van der Waals surface area (Å²) < 4.78 is 19.3. The average Bonchev–Trinajstić information content (AvgIpc) is 2.42. The van der Waals surface area contributed by atoms with Crippen LogP contribution in [0.15, 0.2) is 40.9 Å². The summed E-state index contributed by atoms with van der Waals surface area (Å²) in [4.78, 5) is 12.1. The third-order valence-electron chi connectivity index (χ3n) is 2.68. The van der Waals surface area contributed by atoms with Gasteiger partial charge in [0.2, 0.25) is 0 Å². The molecule has 3 N–H and O–H groups in total. The molecule has 0 fully saturated rings. The minimum absolute atomic E-state index is 0.0837. The summed E-state index contributed by atoms with van der Waals surface area (Å²) in [5, 5.41) is 2.48. The topological polar surface area (TPSA) is 64.3 Å². The first kappa shape index (κ1) is 14.3. The number of hydrogen-bond donors (Lipinski definition) is 2. The molecule has 2 aromatic carbocycles. The van der Waals surface area contributed by atoms with Crippen LogP contribution >= 0.6 is 15.9 Å². The fourth-order valence-corrected chi connectivity index (χ4v) is 1.97. The van der Waals surface area contributed by atoms with Gasteiger partial charge in [-0.3, -0.25) is 4.79 Å². The molecule has 2 rings (SSSR count). The fraction of sp³-hybridized carbons (Fsp3) is 0.0714. The number of ether oxygens (including phenoxy) is 1. The highest BCUT2D eigenvalue weighted by molar-refractivity contribution is 9.10. The van der Waals surface area contributed by atoms with Crippen molar-refractivity contribution in [3.63, 3.8) is 0 Å². The Morgan fingerprint density at radius 1 is 1.30 bits per heavy atom. The number of halogens is 2. The van der Waals surface area contributed by atoms with Crippen molar-refractivity contribution in [2.45, 2.75) is 0 Å². The smallest absolute Gasteiger partial charge is 0.257 e. The molecule has 6 heteroatoms. The number of carbonyl (C=O) groups is 1. The molecular formula is C14H12BrFN2O2. The molecular weight excluding hydrogens is 327 g/mol. The van der Waals surface area contributed by atoms with E-state index in [4.69, 9.17) is 10.5 Å². The van der Waals surface area contributed by atoms with Crippen molar-refractivity contribution >= 4 is 33.2 Å². The Hall–Kier alpha value is -2.08.